The van der Waals surface area contributed by atoms with Gasteiger partial charge in [-0.25, -0.2) is 18.2 Å². The summed E-state index contributed by atoms with van der Waals surface area (Å²) in [6, 6.07) is 4.63. The molecule has 2 saturated carbocycles. The van der Waals surface area contributed by atoms with Crippen LogP contribution in [0.1, 0.15) is 83.5 Å². The number of hydrogen-bond donors (Lipinski definition) is 8. The first-order valence-electron chi connectivity index (χ1n) is 28.1. The van der Waals surface area contributed by atoms with Gasteiger partial charge in [0, 0.05) is 87.0 Å². The number of ether oxygens (including phenoxy) is 5. The van der Waals surface area contributed by atoms with Gasteiger partial charge in [-0.3, -0.25) is 38.3 Å². The van der Waals surface area contributed by atoms with E-state index in [2.05, 4.69) is 60.1 Å². The van der Waals surface area contributed by atoms with Crippen molar-refractivity contribution >= 4 is 79.9 Å². The second kappa shape index (κ2) is 30.7. The lowest BCUT2D eigenvalue weighted by Crippen LogP contribution is -2.59. The molecule has 2 aromatic rings. The molecule has 2 aliphatic carbocycles. The third kappa shape index (κ3) is 18.2. The summed E-state index contributed by atoms with van der Waals surface area (Å²) in [5, 5.41) is 20.6. The van der Waals surface area contributed by atoms with Gasteiger partial charge in [0.05, 0.1) is 57.4 Å². The monoisotopic (exact) mass is 1180 g/mol. The van der Waals surface area contributed by atoms with Crippen LogP contribution in [-0.4, -0.2) is 191 Å². The van der Waals surface area contributed by atoms with E-state index < -0.39 is 81.0 Å². The summed E-state index contributed by atoms with van der Waals surface area (Å²) in [4.78, 5) is 111. The number of rotatable bonds is 37. The number of nitrogens with one attached hydrogen (secondary N) is 8. The number of fused-ring (bicyclic) bond motifs is 2. The molecule has 0 radical (unpaired) electrons. The fourth-order valence-electron chi connectivity index (χ4n) is 10.0. The second-order valence-corrected chi connectivity index (χ2v) is 24.1. The van der Waals surface area contributed by atoms with Crippen LogP contribution in [0.15, 0.2) is 55.8 Å². The number of carbonyl (C=O) groups excluding carboxylic acids is 8. The highest BCUT2D eigenvalue weighted by atomic mass is 32.2. The zero-order chi connectivity index (χ0) is 58.7. The van der Waals surface area contributed by atoms with Gasteiger partial charge in [0.2, 0.25) is 51.3 Å². The Morgan fingerprint density at radius 2 is 1.55 bits per heavy atom. The molecule has 25 nitrogen and oxygen atoms in total. The molecular formula is C55H78N10O15S2. The number of methoxy groups -OCH3 is 1. The fourth-order valence-corrected chi connectivity index (χ4v) is 13.0. The lowest BCUT2D eigenvalue weighted by molar-refractivity contribution is -0.142. The number of unbranched alkanes of at least 4 members (excludes halogenated alkanes) is 1. The quantitative estimate of drug-likeness (QED) is 0.0203. The first-order chi connectivity index (χ1) is 39.5. The molecule has 3 aliphatic heterocycles. The van der Waals surface area contributed by atoms with Crippen LogP contribution in [0, 0.1) is 5.92 Å². The number of carbonyl (C=O) groups is 8. The van der Waals surface area contributed by atoms with Gasteiger partial charge in [-0.1, -0.05) is 19.1 Å². The number of likely N-dealkylation sites (tertiary alicyclic amines) is 1. The van der Waals surface area contributed by atoms with Crippen LogP contribution >= 0.6 is 11.8 Å². The maximum Gasteiger partial charge on any atom is 0.315 e. The van der Waals surface area contributed by atoms with E-state index in [0.717, 1.165) is 36.5 Å². The van der Waals surface area contributed by atoms with Crippen molar-refractivity contribution in [3.63, 3.8) is 0 Å². The number of urea groups is 1. The molecule has 3 saturated heterocycles. The van der Waals surface area contributed by atoms with Crippen molar-refractivity contribution in [3.05, 3.63) is 55.8 Å². The Labute approximate surface area is 482 Å². The molecule has 27 heteroatoms. The highest BCUT2D eigenvalue weighted by Crippen LogP contribution is 2.45. The first kappa shape index (κ1) is 63.0. The van der Waals surface area contributed by atoms with E-state index in [9.17, 15) is 46.8 Å². The number of amides is 9. The molecule has 5 aliphatic rings. The minimum absolute atomic E-state index is 0.000659. The zero-order valence-electron chi connectivity index (χ0n) is 46.4. The van der Waals surface area contributed by atoms with Crippen molar-refractivity contribution in [2.75, 3.05) is 78.7 Å². The molecular weight excluding hydrogens is 1100 g/mol. The maximum atomic E-state index is 14.7. The second-order valence-electron chi connectivity index (χ2n) is 20.9. The number of hydrogen-bond acceptors (Lipinski definition) is 17. The predicted octanol–water partition coefficient (Wildman–Crippen LogP) is 1.01. The van der Waals surface area contributed by atoms with Gasteiger partial charge < -0.3 is 65.8 Å². The van der Waals surface area contributed by atoms with Crippen molar-refractivity contribution in [2.45, 2.75) is 130 Å². The smallest absolute Gasteiger partial charge is 0.315 e. The van der Waals surface area contributed by atoms with Crippen molar-refractivity contribution in [3.8, 4) is 11.6 Å². The van der Waals surface area contributed by atoms with E-state index in [-0.39, 0.29) is 74.5 Å². The van der Waals surface area contributed by atoms with Crippen molar-refractivity contribution < 1.29 is 70.5 Å². The third-order valence-electron chi connectivity index (χ3n) is 14.8. The normalized spacial score (nSPS) is 22.8. The van der Waals surface area contributed by atoms with Crippen LogP contribution < -0.4 is 51.4 Å². The average Bonchev–Trinajstić information content (AvgIpc) is 4.53. The largest absolute Gasteiger partial charge is 0.497 e. The number of aromatic nitrogens is 1. The highest BCUT2D eigenvalue weighted by Gasteiger charge is 2.62. The highest BCUT2D eigenvalue weighted by molar-refractivity contribution is 8.00. The number of sulfonamides is 1. The Morgan fingerprint density at radius 1 is 0.866 bits per heavy atom. The van der Waals surface area contributed by atoms with Gasteiger partial charge in [-0.05, 0) is 87.1 Å². The molecule has 5 fully saturated rings. The first-order valence-corrected chi connectivity index (χ1v) is 30.7. The van der Waals surface area contributed by atoms with Gasteiger partial charge >= 0.3 is 6.03 Å². The number of nitrogens with zero attached hydrogens (tertiary/aromatic N) is 2. The third-order valence-corrected chi connectivity index (χ3v) is 18.1. The lowest BCUT2D eigenvalue weighted by atomic mass is 10.0. The van der Waals surface area contributed by atoms with Crippen LogP contribution in [-0.2, 0) is 57.8 Å². The topological polar surface area (TPSA) is 329 Å². The predicted molar refractivity (Wildman–Crippen MR) is 303 cm³/mol. The SMILES string of the molecule is C=CC(=O)NCC(NC(=O)CCCC(=O)NCCCOCCOCCOCCCNC(=O)CCCCC1SCC2NC(=O)NC21)C(=O)N1CC(Oc2nccc3cc(OC)ccc23)CC1C(=O)NC1(C(=O)NS(=O)(=O)C2CC2)CC1C=C. The van der Waals surface area contributed by atoms with Crippen LogP contribution in [0.25, 0.3) is 10.8 Å². The van der Waals surface area contributed by atoms with Gasteiger partial charge in [0.15, 0.2) is 0 Å². The van der Waals surface area contributed by atoms with E-state index in [4.69, 9.17) is 23.7 Å². The Kier molecular flexibility index (Phi) is 23.6. The Bertz CT molecular complexity index is 2740. The fraction of sp³-hybridized carbons (Fsp3) is 0.618. The summed E-state index contributed by atoms with van der Waals surface area (Å²) in [5.74, 6) is -2.87. The molecule has 0 bridgehead atoms. The minimum Gasteiger partial charge on any atom is -0.497 e. The van der Waals surface area contributed by atoms with Crippen LogP contribution in [0.4, 0.5) is 4.79 Å². The van der Waals surface area contributed by atoms with Gasteiger partial charge in [-0.2, -0.15) is 11.8 Å². The Balaban J connectivity index is 0.791. The van der Waals surface area contributed by atoms with E-state index in [1.807, 2.05) is 11.8 Å². The number of pyridine rings is 1. The van der Waals surface area contributed by atoms with E-state index in [1.165, 1.54) is 24.3 Å². The maximum absolute atomic E-state index is 14.7. The summed E-state index contributed by atoms with van der Waals surface area (Å²) < 4.78 is 56.3. The molecule has 4 heterocycles. The summed E-state index contributed by atoms with van der Waals surface area (Å²) >= 11 is 1.88. The molecule has 1 aromatic heterocycles. The molecule has 8 unspecified atom stereocenters. The number of benzene rings is 1. The Hall–Kier alpha value is -6.55. The van der Waals surface area contributed by atoms with Crippen molar-refractivity contribution in [1.82, 2.24) is 51.8 Å². The van der Waals surface area contributed by atoms with Gasteiger partial charge in [0.25, 0.3) is 5.91 Å². The van der Waals surface area contributed by atoms with Gasteiger partial charge in [-0.15, -0.1) is 6.58 Å². The lowest BCUT2D eigenvalue weighted by Gasteiger charge is -2.30. The molecule has 0 spiro atoms. The molecule has 1 aromatic carbocycles. The Morgan fingerprint density at radius 3 is 2.21 bits per heavy atom. The van der Waals surface area contributed by atoms with Gasteiger partial charge in [0.1, 0.15) is 29.5 Å². The molecule has 9 amide bonds. The molecule has 8 N–H and O–H groups in total. The summed E-state index contributed by atoms with van der Waals surface area (Å²) in [6.45, 7) is 9.88. The van der Waals surface area contributed by atoms with Crippen LogP contribution in [0.3, 0.4) is 0 Å². The van der Waals surface area contributed by atoms with E-state index in [1.54, 1.807) is 24.3 Å². The standard InChI is InChI=1S/C55H78N10O15S2/c1-4-36-31-55(36,53(72)64-82(74,75)39-16-17-39)63-50(70)43-30-38(80-51-40-18-15-37(76-3)29-35(40)19-22-58-51)33-65(43)52(71)41(32-59-45(66)5-2)60-48(69)14-8-13-47(68)57-21-10-24-78-26-28-79-27-25-77-23-9-20-56-46(67)12-7-6-11-44-49-42(34-81-44)61-54(73)62-49/h4-5,15,18-19,22,29,36,38-39,41-44,49H,1-2,6-14,16-17,20-21,23-28,30-34H2,3H3,(H,56,67)(H,57,68)(H,59,66)(H,60,69)(H,63,70)(H,64,72)(H2,61,62,73). The van der Waals surface area contributed by atoms with E-state index in [0.29, 0.717) is 101 Å². The van der Waals surface area contributed by atoms with Crippen LogP contribution in [0.2, 0.25) is 0 Å². The molecule has 7 rings (SSSR count). The summed E-state index contributed by atoms with van der Waals surface area (Å²) in [6.07, 6.45) is 8.27. The average molecular weight is 1180 g/mol. The molecule has 8 atom stereocenters. The molecule has 450 valence electrons. The molecule has 82 heavy (non-hydrogen) atoms. The minimum atomic E-state index is -3.99. The number of thioether (sulfide) groups is 1. The zero-order valence-corrected chi connectivity index (χ0v) is 48.0. The van der Waals surface area contributed by atoms with Crippen LogP contribution in [0.5, 0.6) is 11.6 Å². The summed E-state index contributed by atoms with van der Waals surface area (Å²) in [7, 11) is -2.45. The summed E-state index contributed by atoms with van der Waals surface area (Å²) in [5.41, 5.74) is -1.66. The van der Waals surface area contributed by atoms with Crippen molar-refractivity contribution in [2.24, 2.45) is 5.92 Å². The van der Waals surface area contributed by atoms with E-state index >= 15 is 0 Å². The van der Waals surface area contributed by atoms with Crippen molar-refractivity contribution in [1.29, 1.82) is 0 Å².